The molecule has 0 aliphatic rings. The van der Waals surface area contributed by atoms with E-state index in [0.29, 0.717) is 12.2 Å². The summed E-state index contributed by atoms with van der Waals surface area (Å²) in [6.45, 7) is 4.17. The monoisotopic (exact) mass is 261 g/mol. The Morgan fingerprint density at radius 3 is 2.89 bits per heavy atom. The number of rotatable bonds is 3. The highest BCUT2D eigenvalue weighted by molar-refractivity contribution is 5.96. The molecular formula is C13H15N3O3. The summed E-state index contributed by atoms with van der Waals surface area (Å²) in [4.78, 5) is 27.9. The maximum absolute atomic E-state index is 12.2. The highest BCUT2D eigenvalue weighted by atomic mass is 16.3. The molecule has 0 unspecified atom stereocenters. The molecule has 0 saturated heterocycles. The van der Waals surface area contributed by atoms with Crippen molar-refractivity contribution < 1.29 is 9.90 Å². The number of pyridine rings is 1. The lowest BCUT2D eigenvalue weighted by Gasteiger charge is -2.07. The summed E-state index contributed by atoms with van der Waals surface area (Å²) in [5.41, 5.74) is 0.276. The molecule has 0 aliphatic carbocycles. The van der Waals surface area contributed by atoms with Gasteiger partial charge in [0.05, 0.1) is 0 Å². The Labute approximate surface area is 109 Å². The molecule has 0 spiro atoms. The van der Waals surface area contributed by atoms with E-state index in [9.17, 15) is 14.7 Å². The van der Waals surface area contributed by atoms with Gasteiger partial charge in [-0.15, -0.1) is 0 Å². The quantitative estimate of drug-likeness (QED) is 0.858. The molecule has 0 radical (unpaired) electrons. The Morgan fingerprint density at radius 1 is 1.47 bits per heavy atom. The fourth-order valence-corrected chi connectivity index (χ4v) is 1.76. The van der Waals surface area contributed by atoms with Crippen molar-refractivity contribution in [1.82, 2.24) is 14.7 Å². The number of amides is 1. The summed E-state index contributed by atoms with van der Waals surface area (Å²) in [5, 5.41) is 12.3. The first-order valence-corrected chi connectivity index (χ1v) is 6.04. The summed E-state index contributed by atoms with van der Waals surface area (Å²) in [6.07, 6.45) is 2.33. The lowest BCUT2D eigenvalue weighted by atomic mass is 10.2. The van der Waals surface area contributed by atoms with Gasteiger partial charge in [-0.1, -0.05) is 13.0 Å². The third-order valence-corrected chi connectivity index (χ3v) is 2.71. The maximum atomic E-state index is 12.2. The van der Waals surface area contributed by atoms with Crippen molar-refractivity contribution in [3.63, 3.8) is 0 Å². The molecule has 6 nitrogen and oxygen atoms in total. The summed E-state index contributed by atoms with van der Waals surface area (Å²) >= 11 is 0. The van der Waals surface area contributed by atoms with Crippen molar-refractivity contribution in [2.75, 3.05) is 6.54 Å². The number of carbonyl (C=O) groups is 1. The summed E-state index contributed by atoms with van der Waals surface area (Å²) in [5.74, 6) is -1.14. The number of aromatic nitrogens is 2. The Bertz CT molecular complexity index is 691. The Balaban J connectivity index is 2.61. The lowest BCUT2D eigenvalue weighted by molar-refractivity contribution is 0.0948. The number of aryl methyl sites for hydroxylation is 1. The minimum absolute atomic E-state index is 0.306. The molecule has 2 aromatic rings. The van der Waals surface area contributed by atoms with Crippen LogP contribution >= 0.6 is 0 Å². The summed E-state index contributed by atoms with van der Waals surface area (Å²) < 4.78 is 1.26. The standard InChI is InChI=1S/C13H15N3O3/c1-3-6-14-11(17)10-12(18)15-9-5-4-8(2)7-16(9)13(10)19/h4-5,7,18H,3,6H2,1-2H3,(H,14,17). The van der Waals surface area contributed by atoms with Crippen molar-refractivity contribution in [2.45, 2.75) is 20.3 Å². The average molecular weight is 261 g/mol. The van der Waals surface area contributed by atoms with Gasteiger partial charge in [0.2, 0.25) is 5.88 Å². The van der Waals surface area contributed by atoms with Gasteiger partial charge in [0.15, 0.2) is 5.56 Å². The van der Waals surface area contributed by atoms with E-state index in [0.717, 1.165) is 12.0 Å². The molecule has 100 valence electrons. The number of nitrogens with zero attached hydrogens (tertiary/aromatic N) is 2. The van der Waals surface area contributed by atoms with Gasteiger partial charge in [0.1, 0.15) is 5.65 Å². The van der Waals surface area contributed by atoms with Crippen LogP contribution in [0.2, 0.25) is 0 Å². The largest absolute Gasteiger partial charge is 0.493 e. The van der Waals surface area contributed by atoms with Gasteiger partial charge in [0.25, 0.3) is 11.5 Å². The topological polar surface area (TPSA) is 83.7 Å². The second-order valence-corrected chi connectivity index (χ2v) is 4.31. The molecule has 0 atom stereocenters. The second-order valence-electron chi connectivity index (χ2n) is 4.31. The molecule has 0 saturated carbocycles. The minimum Gasteiger partial charge on any atom is -0.493 e. The first-order valence-electron chi connectivity index (χ1n) is 6.04. The van der Waals surface area contributed by atoms with Crippen LogP contribution in [0.25, 0.3) is 5.65 Å². The van der Waals surface area contributed by atoms with E-state index in [1.807, 2.05) is 13.8 Å². The van der Waals surface area contributed by atoms with Crippen LogP contribution in [0, 0.1) is 6.92 Å². The maximum Gasteiger partial charge on any atom is 0.274 e. The van der Waals surface area contributed by atoms with Crippen LogP contribution in [-0.2, 0) is 0 Å². The van der Waals surface area contributed by atoms with Gasteiger partial charge in [-0.2, -0.15) is 4.98 Å². The van der Waals surface area contributed by atoms with Crippen molar-refractivity contribution >= 4 is 11.6 Å². The molecule has 0 aliphatic heterocycles. The van der Waals surface area contributed by atoms with Crippen LogP contribution in [0.1, 0.15) is 29.3 Å². The van der Waals surface area contributed by atoms with Gasteiger partial charge in [0, 0.05) is 12.7 Å². The predicted octanol–water partition coefficient (Wildman–Crippen LogP) is 0.848. The molecule has 19 heavy (non-hydrogen) atoms. The normalized spacial score (nSPS) is 10.6. The zero-order valence-corrected chi connectivity index (χ0v) is 10.8. The van der Waals surface area contributed by atoms with E-state index in [2.05, 4.69) is 10.3 Å². The number of nitrogens with one attached hydrogen (secondary N) is 1. The van der Waals surface area contributed by atoms with Gasteiger partial charge in [-0.05, 0) is 25.0 Å². The van der Waals surface area contributed by atoms with Crippen LogP contribution in [0.15, 0.2) is 23.1 Å². The molecular weight excluding hydrogens is 246 g/mol. The number of aromatic hydroxyl groups is 1. The number of fused-ring (bicyclic) bond motifs is 1. The van der Waals surface area contributed by atoms with E-state index < -0.39 is 17.3 Å². The van der Waals surface area contributed by atoms with Crippen molar-refractivity contribution in [1.29, 1.82) is 0 Å². The van der Waals surface area contributed by atoms with Crippen LogP contribution in [0.5, 0.6) is 5.88 Å². The molecule has 6 heteroatoms. The molecule has 0 bridgehead atoms. The smallest absolute Gasteiger partial charge is 0.274 e. The molecule has 2 rings (SSSR count). The molecule has 2 N–H and O–H groups in total. The van der Waals surface area contributed by atoms with Gasteiger partial charge < -0.3 is 10.4 Å². The summed E-state index contributed by atoms with van der Waals surface area (Å²) in [7, 11) is 0. The Kier molecular flexibility index (Phi) is 3.50. The molecule has 2 heterocycles. The molecule has 0 aromatic carbocycles. The SMILES string of the molecule is CCCNC(=O)c1c(O)nc2ccc(C)cn2c1=O. The Morgan fingerprint density at radius 2 is 2.21 bits per heavy atom. The molecule has 2 aromatic heterocycles. The van der Waals surface area contributed by atoms with E-state index in [4.69, 9.17) is 0 Å². The van der Waals surface area contributed by atoms with E-state index >= 15 is 0 Å². The van der Waals surface area contributed by atoms with Crippen LogP contribution < -0.4 is 10.9 Å². The predicted molar refractivity (Wildman–Crippen MR) is 70.5 cm³/mol. The van der Waals surface area contributed by atoms with E-state index in [1.165, 1.54) is 4.40 Å². The van der Waals surface area contributed by atoms with Crippen molar-refractivity contribution in [2.24, 2.45) is 0 Å². The minimum atomic E-state index is -0.604. The second kappa shape index (κ2) is 5.09. The highest BCUT2D eigenvalue weighted by Gasteiger charge is 2.19. The Hall–Kier alpha value is -2.37. The number of hydrogen-bond donors (Lipinski definition) is 2. The molecule has 1 amide bonds. The first kappa shape index (κ1) is 13.1. The van der Waals surface area contributed by atoms with Crippen LogP contribution in [-0.4, -0.2) is 26.9 Å². The van der Waals surface area contributed by atoms with Gasteiger partial charge >= 0.3 is 0 Å². The fraction of sp³-hybridized carbons (Fsp3) is 0.308. The van der Waals surface area contributed by atoms with E-state index in [-0.39, 0.29) is 5.56 Å². The first-order chi connectivity index (χ1) is 9.04. The molecule has 0 fully saturated rings. The van der Waals surface area contributed by atoms with Crippen molar-refractivity contribution in [3.8, 4) is 5.88 Å². The third-order valence-electron chi connectivity index (χ3n) is 2.71. The van der Waals surface area contributed by atoms with Crippen molar-refractivity contribution in [3.05, 3.63) is 39.8 Å². The van der Waals surface area contributed by atoms with Crippen LogP contribution in [0.4, 0.5) is 0 Å². The number of hydrogen-bond acceptors (Lipinski definition) is 4. The highest BCUT2D eigenvalue weighted by Crippen LogP contribution is 2.11. The average Bonchev–Trinajstić information content (AvgIpc) is 2.37. The summed E-state index contributed by atoms with van der Waals surface area (Å²) in [6, 6.07) is 3.39. The zero-order valence-electron chi connectivity index (χ0n) is 10.8. The van der Waals surface area contributed by atoms with E-state index in [1.54, 1.807) is 18.3 Å². The third kappa shape index (κ3) is 2.42. The lowest BCUT2D eigenvalue weighted by Crippen LogP contribution is -2.32. The number of carbonyl (C=O) groups excluding carboxylic acids is 1. The van der Waals surface area contributed by atoms with Crippen LogP contribution in [0.3, 0.4) is 0 Å². The van der Waals surface area contributed by atoms with Gasteiger partial charge in [-0.3, -0.25) is 14.0 Å². The zero-order chi connectivity index (χ0) is 14.0. The fourth-order valence-electron chi connectivity index (χ4n) is 1.76. The van der Waals surface area contributed by atoms with Gasteiger partial charge in [-0.25, -0.2) is 0 Å².